The summed E-state index contributed by atoms with van der Waals surface area (Å²) in [5.74, 6) is 0. The molecule has 0 aromatic carbocycles. The van der Waals surface area contributed by atoms with Crippen molar-refractivity contribution in [1.29, 1.82) is 0 Å². The number of nitrogens with two attached hydrogens (primary N) is 1. The largest absolute Gasteiger partial charge is 0.375 e. The van der Waals surface area contributed by atoms with Gasteiger partial charge in [0.1, 0.15) is 0 Å². The molecule has 0 bridgehead atoms. The second kappa shape index (κ2) is 2.21. The molecular formula is C8H17NO. The van der Waals surface area contributed by atoms with Crippen LogP contribution >= 0.6 is 0 Å². The third kappa shape index (κ3) is 1.96. The van der Waals surface area contributed by atoms with Crippen molar-refractivity contribution in [1.82, 2.24) is 0 Å². The Morgan fingerprint density at radius 2 is 1.90 bits per heavy atom. The molecule has 60 valence electrons. The Hall–Kier alpha value is -0.0800. The van der Waals surface area contributed by atoms with Gasteiger partial charge in [0.15, 0.2) is 0 Å². The molecule has 0 spiro atoms. The van der Waals surface area contributed by atoms with E-state index in [0.717, 1.165) is 19.4 Å². The average molecular weight is 143 g/mol. The van der Waals surface area contributed by atoms with Crippen LogP contribution in [0.25, 0.3) is 0 Å². The van der Waals surface area contributed by atoms with Crippen molar-refractivity contribution in [3.63, 3.8) is 0 Å². The number of hydrogen-bond acceptors (Lipinski definition) is 2. The molecule has 10 heavy (non-hydrogen) atoms. The predicted octanol–water partition coefficient (Wildman–Crippen LogP) is 1.29. The molecule has 2 heteroatoms. The summed E-state index contributed by atoms with van der Waals surface area (Å²) in [4.78, 5) is 0. The van der Waals surface area contributed by atoms with Crippen molar-refractivity contribution >= 4 is 0 Å². The van der Waals surface area contributed by atoms with Gasteiger partial charge in [0.05, 0.1) is 5.60 Å². The number of hydrogen-bond donors (Lipinski definition) is 1. The van der Waals surface area contributed by atoms with Crippen molar-refractivity contribution in [2.45, 2.75) is 44.8 Å². The Labute approximate surface area is 62.7 Å². The van der Waals surface area contributed by atoms with E-state index >= 15 is 0 Å². The van der Waals surface area contributed by atoms with Crippen LogP contribution in [-0.4, -0.2) is 17.7 Å². The fourth-order valence-electron chi connectivity index (χ4n) is 1.67. The summed E-state index contributed by atoms with van der Waals surface area (Å²) in [5, 5.41) is 0. The topological polar surface area (TPSA) is 35.2 Å². The second-order valence-corrected chi connectivity index (χ2v) is 4.19. The molecule has 0 radical (unpaired) electrons. The maximum atomic E-state index is 5.97. The molecule has 0 aliphatic carbocycles. The van der Waals surface area contributed by atoms with E-state index in [2.05, 4.69) is 20.8 Å². The average Bonchev–Trinajstić information content (AvgIpc) is 1.56. The summed E-state index contributed by atoms with van der Waals surface area (Å²) in [6.45, 7) is 7.09. The number of rotatable bonds is 0. The molecular weight excluding hydrogens is 126 g/mol. The van der Waals surface area contributed by atoms with Gasteiger partial charge in [-0.15, -0.1) is 0 Å². The molecule has 2 nitrogen and oxygen atoms in total. The van der Waals surface area contributed by atoms with Gasteiger partial charge >= 0.3 is 0 Å². The Bertz CT molecular complexity index is 115. The Balaban J connectivity index is 2.56. The van der Waals surface area contributed by atoms with Gasteiger partial charge < -0.3 is 10.5 Å². The standard InChI is InChI=1S/C8H17NO/c1-7(2)6-8(3,9)4-5-10-7/h4-6,9H2,1-3H3. The molecule has 1 aliphatic rings. The molecule has 1 atom stereocenters. The lowest BCUT2D eigenvalue weighted by Crippen LogP contribution is -2.49. The Kier molecular flexibility index (Phi) is 1.77. The van der Waals surface area contributed by atoms with Crippen LogP contribution in [0.4, 0.5) is 0 Å². The lowest BCUT2D eigenvalue weighted by molar-refractivity contribution is -0.0760. The lowest BCUT2D eigenvalue weighted by Gasteiger charge is -2.40. The zero-order valence-corrected chi connectivity index (χ0v) is 7.11. The molecule has 1 unspecified atom stereocenters. The van der Waals surface area contributed by atoms with E-state index < -0.39 is 0 Å². The van der Waals surface area contributed by atoms with E-state index in [1.807, 2.05) is 0 Å². The molecule has 1 heterocycles. The van der Waals surface area contributed by atoms with Gasteiger partial charge in [-0.3, -0.25) is 0 Å². The minimum absolute atomic E-state index is 0.0122. The van der Waals surface area contributed by atoms with Gasteiger partial charge in [-0.2, -0.15) is 0 Å². The third-order valence-electron chi connectivity index (χ3n) is 2.00. The monoisotopic (exact) mass is 143 g/mol. The van der Waals surface area contributed by atoms with E-state index in [0.29, 0.717) is 0 Å². The molecule has 2 N–H and O–H groups in total. The zero-order chi connectivity index (χ0) is 7.83. The van der Waals surface area contributed by atoms with Crippen LogP contribution in [0.15, 0.2) is 0 Å². The van der Waals surface area contributed by atoms with Crippen molar-refractivity contribution in [2.24, 2.45) is 5.73 Å². The minimum atomic E-state index is -0.0122. The molecule has 0 amide bonds. The molecule has 0 aromatic rings. The van der Waals surface area contributed by atoms with Crippen molar-refractivity contribution in [2.75, 3.05) is 6.61 Å². The van der Waals surface area contributed by atoms with Gasteiger partial charge in [-0.05, 0) is 33.6 Å². The molecule has 1 fully saturated rings. The molecule has 1 rings (SSSR count). The van der Waals surface area contributed by atoms with Crippen LogP contribution < -0.4 is 5.73 Å². The highest BCUT2D eigenvalue weighted by Crippen LogP contribution is 2.29. The van der Waals surface area contributed by atoms with Crippen molar-refractivity contribution < 1.29 is 4.74 Å². The molecule has 0 saturated carbocycles. The predicted molar refractivity (Wildman–Crippen MR) is 41.9 cm³/mol. The number of ether oxygens (including phenoxy) is 1. The molecule has 1 aliphatic heterocycles. The normalized spacial score (nSPS) is 39.6. The van der Waals surface area contributed by atoms with E-state index in [9.17, 15) is 0 Å². The highest BCUT2D eigenvalue weighted by atomic mass is 16.5. The van der Waals surface area contributed by atoms with Crippen LogP contribution in [0.1, 0.15) is 33.6 Å². The summed E-state index contributed by atoms with van der Waals surface area (Å²) in [5.41, 5.74) is 5.95. The molecule has 0 aromatic heterocycles. The van der Waals surface area contributed by atoms with Gasteiger partial charge in [-0.1, -0.05) is 0 Å². The fourth-order valence-corrected chi connectivity index (χ4v) is 1.67. The SMILES string of the molecule is CC1(N)CCOC(C)(C)C1. The highest BCUT2D eigenvalue weighted by Gasteiger charge is 2.34. The zero-order valence-electron chi connectivity index (χ0n) is 7.11. The van der Waals surface area contributed by atoms with Crippen molar-refractivity contribution in [3.8, 4) is 0 Å². The quantitative estimate of drug-likeness (QED) is 0.554. The van der Waals surface area contributed by atoms with Gasteiger partial charge in [0.25, 0.3) is 0 Å². The summed E-state index contributed by atoms with van der Waals surface area (Å²) in [6.07, 6.45) is 1.94. The first-order chi connectivity index (χ1) is 4.41. The Morgan fingerprint density at radius 1 is 1.30 bits per heavy atom. The summed E-state index contributed by atoms with van der Waals surface area (Å²) in [6, 6.07) is 0. The summed E-state index contributed by atoms with van der Waals surface area (Å²) in [7, 11) is 0. The fraction of sp³-hybridized carbons (Fsp3) is 1.00. The van der Waals surface area contributed by atoms with E-state index in [1.165, 1.54) is 0 Å². The van der Waals surface area contributed by atoms with Gasteiger partial charge in [0, 0.05) is 12.1 Å². The van der Waals surface area contributed by atoms with Crippen LogP contribution in [0, 0.1) is 0 Å². The van der Waals surface area contributed by atoms with Crippen LogP contribution in [0.2, 0.25) is 0 Å². The van der Waals surface area contributed by atoms with Crippen LogP contribution in [-0.2, 0) is 4.74 Å². The van der Waals surface area contributed by atoms with Crippen molar-refractivity contribution in [3.05, 3.63) is 0 Å². The maximum Gasteiger partial charge on any atom is 0.0643 e. The van der Waals surface area contributed by atoms with E-state index in [4.69, 9.17) is 10.5 Å². The summed E-state index contributed by atoms with van der Waals surface area (Å²) >= 11 is 0. The highest BCUT2D eigenvalue weighted by molar-refractivity contribution is 4.90. The van der Waals surface area contributed by atoms with Gasteiger partial charge in [0.2, 0.25) is 0 Å². The minimum Gasteiger partial charge on any atom is -0.375 e. The first-order valence-electron chi connectivity index (χ1n) is 3.84. The third-order valence-corrected chi connectivity index (χ3v) is 2.00. The van der Waals surface area contributed by atoms with Crippen LogP contribution in [0.3, 0.4) is 0 Å². The maximum absolute atomic E-state index is 5.97. The first-order valence-corrected chi connectivity index (χ1v) is 3.84. The lowest BCUT2D eigenvalue weighted by atomic mass is 9.84. The molecule has 1 saturated heterocycles. The van der Waals surface area contributed by atoms with E-state index in [-0.39, 0.29) is 11.1 Å². The van der Waals surface area contributed by atoms with E-state index in [1.54, 1.807) is 0 Å². The van der Waals surface area contributed by atoms with Crippen LogP contribution in [0.5, 0.6) is 0 Å². The smallest absolute Gasteiger partial charge is 0.0643 e. The van der Waals surface area contributed by atoms with Gasteiger partial charge in [-0.25, -0.2) is 0 Å². The Morgan fingerprint density at radius 3 is 2.20 bits per heavy atom. The first kappa shape index (κ1) is 8.02. The second-order valence-electron chi connectivity index (χ2n) is 4.19. The summed E-state index contributed by atoms with van der Waals surface area (Å²) < 4.78 is 5.52.